The van der Waals surface area contributed by atoms with Crippen LogP contribution in [0.3, 0.4) is 0 Å². The second kappa shape index (κ2) is 7.08. The highest BCUT2D eigenvalue weighted by atomic mass is 35.5. The molecule has 0 aromatic heterocycles. The maximum absolute atomic E-state index is 12.7. The number of halogens is 4. The molecule has 0 saturated carbocycles. The van der Waals surface area contributed by atoms with Gasteiger partial charge in [-0.25, -0.2) is 4.79 Å². The first-order chi connectivity index (χ1) is 10.4. The maximum atomic E-state index is 12.7. The molecule has 0 aliphatic carbocycles. The number of hydrogen-bond acceptors (Lipinski definition) is 3. The molecule has 0 radical (unpaired) electrons. The Kier molecular flexibility index (Phi) is 5.87. The molecular weight excluding hydrogens is 337 g/mol. The van der Waals surface area contributed by atoms with E-state index in [2.05, 4.69) is 10.6 Å². The number of alkyl carbamates (subject to hydrolysis) is 1. The molecule has 1 aromatic rings. The van der Waals surface area contributed by atoms with Crippen LogP contribution >= 0.6 is 11.6 Å². The van der Waals surface area contributed by atoms with Crippen LogP contribution in [-0.2, 0) is 15.7 Å². The Morgan fingerprint density at radius 2 is 1.83 bits per heavy atom. The third-order valence-corrected chi connectivity index (χ3v) is 2.68. The lowest BCUT2D eigenvalue weighted by atomic mass is 10.2. The van der Waals surface area contributed by atoms with Crippen LogP contribution in [0.2, 0.25) is 5.02 Å². The van der Waals surface area contributed by atoms with Crippen LogP contribution in [0, 0.1) is 0 Å². The first kappa shape index (κ1) is 19.1. The summed E-state index contributed by atoms with van der Waals surface area (Å²) in [6.07, 6.45) is -5.44. The number of amides is 2. The molecule has 0 aliphatic rings. The summed E-state index contributed by atoms with van der Waals surface area (Å²) in [7, 11) is 0. The lowest BCUT2D eigenvalue weighted by Gasteiger charge is -2.19. The SMILES string of the molecule is CC(C)(C)OC(=O)NCC(=O)Nc1ccc(Cl)c(C(F)(F)F)c1. The minimum absolute atomic E-state index is 0.0855. The van der Waals surface area contributed by atoms with Gasteiger partial charge in [-0.05, 0) is 39.0 Å². The first-order valence-electron chi connectivity index (χ1n) is 6.52. The van der Waals surface area contributed by atoms with E-state index in [4.69, 9.17) is 16.3 Å². The molecule has 2 amide bonds. The number of carbonyl (C=O) groups is 2. The molecule has 0 fully saturated rings. The third-order valence-electron chi connectivity index (χ3n) is 2.35. The highest BCUT2D eigenvalue weighted by Gasteiger charge is 2.33. The van der Waals surface area contributed by atoms with Crippen molar-refractivity contribution in [1.29, 1.82) is 0 Å². The highest BCUT2D eigenvalue weighted by molar-refractivity contribution is 6.31. The Morgan fingerprint density at radius 3 is 2.35 bits per heavy atom. The van der Waals surface area contributed by atoms with Gasteiger partial charge in [0.05, 0.1) is 10.6 Å². The van der Waals surface area contributed by atoms with Gasteiger partial charge in [-0.3, -0.25) is 4.79 Å². The van der Waals surface area contributed by atoms with E-state index in [1.165, 1.54) is 6.07 Å². The second-order valence-electron chi connectivity index (χ2n) is 5.60. The number of carbonyl (C=O) groups excluding carboxylic acids is 2. The Hall–Kier alpha value is -1.96. The van der Waals surface area contributed by atoms with E-state index in [0.717, 1.165) is 6.07 Å². The average molecular weight is 353 g/mol. The molecule has 0 bridgehead atoms. The zero-order chi connectivity index (χ0) is 17.8. The normalized spacial score (nSPS) is 11.8. The van der Waals surface area contributed by atoms with Crippen LogP contribution in [0.5, 0.6) is 0 Å². The molecule has 0 heterocycles. The van der Waals surface area contributed by atoms with Gasteiger partial charge in [-0.2, -0.15) is 13.2 Å². The molecular formula is C14H16ClF3N2O3. The minimum Gasteiger partial charge on any atom is -0.444 e. The molecule has 0 aliphatic heterocycles. The van der Waals surface area contributed by atoms with E-state index in [1.807, 2.05) is 0 Å². The molecule has 9 heteroatoms. The van der Waals surface area contributed by atoms with Crippen molar-refractivity contribution in [2.24, 2.45) is 0 Å². The van der Waals surface area contributed by atoms with Crippen LogP contribution in [-0.4, -0.2) is 24.1 Å². The molecule has 0 saturated heterocycles. The van der Waals surface area contributed by atoms with E-state index >= 15 is 0 Å². The van der Waals surface area contributed by atoms with E-state index < -0.39 is 40.9 Å². The summed E-state index contributed by atoms with van der Waals surface area (Å²) >= 11 is 5.48. The quantitative estimate of drug-likeness (QED) is 0.869. The summed E-state index contributed by atoms with van der Waals surface area (Å²) in [5, 5.41) is 3.96. The van der Waals surface area contributed by atoms with Gasteiger partial charge in [0.25, 0.3) is 0 Å². The number of nitrogens with one attached hydrogen (secondary N) is 2. The van der Waals surface area contributed by atoms with Crippen molar-refractivity contribution in [3.05, 3.63) is 28.8 Å². The summed E-state index contributed by atoms with van der Waals surface area (Å²) in [6, 6.07) is 2.97. The van der Waals surface area contributed by atoms with Crippen molar-refractivity contribution < 1.29 is 27.5 Å². The standard InChI is InChI=1S/C14H16ClF3N2O3/c1-13(2,3)23-12(22)19-7-11(21)20-8-4-5-10(15)9(6-8)14(16,17)18/h4-6H,7H2,1-3H3,(H,19,22)(H,20,21). The number of benzene rings is 1. The van der Waals surface area contributed by atoms with E-state index in [-0.39, 0.29) is 5.69 Å². The van der Waals surface area contributed by atoms with Gasteiger partial charge in [-0.1, -0.05) is 11.6 Å². The van der Waals surface area contributed by atoms with Crippen molar-refractivity contribution in [1.82, 2.24) is 5.32 Å². The summed E-state index contributed by atoms with van der Waals surface area (Å²) in [5.74, 6) is -0.702. The lowest BCUT2D eigenvalue weighted by molar-refractivity contribution is -0.137. The van der Waals surface area contributed by atoms with Crippen molar-refractivity contribution in [3.63, 3.8) is 0 Å². The van der Waals surface area contributed by atoms with Gasteiger partial charge < -0.3 is 15.4 Å². The minimum atomic E-state index is -4.63. The molecule has 1 aromatic carbocycles. The van der Waals surface area contributed by atoms with Crippen molar-refractivity contribution in [3.8, 4) is 0 Å². The summed E-state index contributed by atoms with van der Waals surface area (Å²) in [5.41, 5.74) is -1.87. The van der Waals surface area contributed by atoms with E-state index in [9.17, 15) is 22.8 Å². The highest BCUT2D eigenvalue weighted by Crippen LogP contribution is 2.36. The lowest BCUT2D eigenvalue weighted by Crippen LogP contribution is -2.37. The fourth-order valence-corrected chi connectivity index (χ4v) is 1.72. The summed E-state index contributed by atoms with van der Waals surface area (Å²) in [6.45, 7) is 4.51. The monoisotopic (exact) mass is 352 g/mol. The van der Waals surface area contributed by atoms with Crippen LogP contribution < -0.4 is 10.6 Å². The molecule has 0 unspecified atom stereocenters. The van der Waals surface area contributed by atoms with Gasteiger partial charge in [0, 0.05) is 5.69 Å². The van der Waals surface area contributed by atoms with Gasteiger partial charge >= 0.3 is 12.3 Å². The van der Waals surface area contributed by atoms with Crippen molar-refractivity contribution in [2.75, 3.05) is 11.9 Å². The third kappa shape index (κ3) is 6.77. The van der Waals surface area contributed by atoms with Gasteiger partial charge in [0.2, 0.25) is 5.91 Å². The zero-order valence-electron chi connectivity index (χ0n) is 12.7. The fourth-order valence-electron chi connectivity index (χ4n) is 1.49. The predicted octanol–water partition coefficient (Wildman–Crippen LogP) is 3.82. The molecule has 1 rings (SSSR count). The molecule has 5 nitrogen and oxygen atoms in total. The van der Waals surface area contributed by atoms with Crippen LogP contribution in [0.25, 0.3) is 0 Å². The summed E-state index contributed by atoms with van der Waals surface area (Å²) < 4.78 is 43.0. The number of ether oxygens (including phenoxy) is 1. The molecule has 128 valence electrons. The van der Waals surface area contributed by atoms with Crippen molar-refractivity contribution >= 4 is 29.3 Å². The Morgan fingerprint density at radius 1 is 1.22 bits per heavy atom. The van der Waals surface area contributed by atoms with Crippen LogP contribution in [0.15, 0.2) is 18.2 Å². The van der Waals surface area contributed by atoms with Crippen molar-refractivity contribution in [2.45, 2.75) is 32.5 Å². The Labute approximate surface area is 136 Å². The number of rotatable bonds is 3. The van der Waals surface area contributed by atoms with Gasteiger partial charge in [0.1, 0.15) is 12.1 Å². The Bertz CT molecular complexity index is 598. The topological polar surface area (TPSA) is 67.4 Å². The number of alkyl halides is 3. The number of hydrogen-bond donors (Lipinski definition) is 2. The summed E-state index contributed by atoms with van der Waals surface area (Å²) in [4.78, 5) is 23.0. The average Bonchev–Trinajstić information content (AvgIpc) is 2.35. The zero-order valence-corrected chi connectivity index (χ0v) is 13.4. The molecule has 2 N–H and O–H groups in total. The van der Waals surface area contributed by atoms with Gasteiger partial charge in [-0.15, -0.1) is 0 Å². The van der Waals surface area contributed by atoms with E-state index in [1.54, 1.807) is 20.8 Å². The second-order valence-corrected chi connectivity index (χ2v) is 6.00. The predicted molar refractivity (Wildman–Crippen MR) is 79.3 cm³/mol. The smallest absolute Gasteiger partial charge is 0.417 e. The fraction of sp³-hybridized carbons (Fsp3) is 0.429. The molecule has 0 spiro atoms. The molecule has 0 atom stereocenters. The van der Waals surface area contributed by atoms with Crippen LogP contribution in [0.4, 0.5) is 23.7 Å². The largest absolute Gasteiger partial charge is 0.444 e. The van der Waals surface area contributed by atoms with Crippen LogP contribution in [0.1, 0.15) is 26.3 Å². The first-order valence-corrected chi connectivity index (χ1v) is 6.90. The number of anilines is 1. The van der Waals surface area contributed by atoms with E-state index in [0.29, 0.717) is 6.07 Å². The van der Waals surface area contributed by atoms with Gasteiger partial charge in [0.15, 0.2) is 0 Å². The maximum Gasteiger partial charge on any atom is 0.417 e. The molecule has 23 heavy (non-hydrogen) atoms. The Balaban J connectivity index is 2.63.